The van der Waals surface area contributed by atoms with Crippen molar-refractivity contribution >= 4 is 0 Å². The minimum atomic E-state index is -1.72. The Bertz CT molecular complexity index is 1300. The van der Waals surface area contributed by atoms with Crippen molar-refractivity contribution in [2.75, 3.05) is 13.2 Å². The van der Waals surface area contributed by atoms with Crippen LogP contribution >= 0.6 is 0 Å². The van der Waals surface area contributed by atoms with E-state index < -0.39 is 74.6 Å². The molecule has 3 fully saturated rings. The first-order valence-corrected chi connectivity index (χ1v) is 19.9. The van der Waals surface area contributed by atoms with Gasteiger partial charge in [0.05, 0.1) is 25.4 Å². The lowest BCUT2D eigenvalue weighted by molar-refractivity contribution is -0.374. The van der Waals surface area contributed by atoms with Crippen molar-refractivity contribution in [2.24, 2.45) is 40.4 Å². The van der Waals surface area contributed by atoms with E-state index in [9.17, 15) is 40.9 Å². The number of rotatable bonds is 11. The van der Waals surface area contributed by atoms with E-state index in [1.165, 1.54) is 0 Å². The van der Waals surface area contributed by atoms with Gasteiger partial charge in [0.15, 0.2) is 12.6 Å². The van der Waals surface area contributed by atoms with Gasteiger partial charge in [-0.3, -0.25) is 0 Å². The van der Waals surface area contributed by atoms with E-state index >= 15 is 0 Å². The number of ether oxygens (including phenoxy) is 4. The smallest absolute Gasteiger partial charge is 0.187 e. The van der Waals surface area contributed by atoms with Gasteiger partial charge in [-0.25, -0.2) is 0 Å². The van der Waals surface area contributed by atoms with Crippen LogP contribution in [0.25, 0.3) is 0 Å². The molecule has 0 aromatic carbocycles. The van der Waals surface area contributed by atoms with Gasteiger partial charge in [0.25, 0.3) is 0 Å². The molecular formula is C40H66O12. The number of hydrogen-bond acceptors (Lipinski definition) is 12. The van der Waals surface area contributed by atoms with Gasteiger partial charge in [0.2, 0.25) is 0 Å². The zero-order chi connectivity index (χ0) is 37.9. The molecule has 298 valence electrons. The number of hydrogen-bond donors (Lipinski definition) is 8. The van der Waals surface area contributed by atoms with E-state index in [1.54, 1.807) is 16.7 Å². The van der Waals surface area contributed by atoms with Gasteiger partial charge < -0.3 is 59.8 Å². The predicted octanol–water partition coefficient (Wildman–Crippen LogP) is 2.32. The van der Waals surface area contributed by atoms with Crippen molar-refractivity contribution < 1.29 is 59.8 Å². The molecule has 4 unspecified atom stereocenters. The van der Waals surface area contributed by atoms with Crippen molar-refractivity contribution in [3.05, 3.63) is 22.8 Å². The van der Waals surface area contributed by atoms with Gasteiger partial charge in [-0.05, 0) is 109 Å². The summed E-state index contributed by atoms with van der Waals surface area (Å²) < 4.78 is 24.1. The molecule has 0 amide bonds. The highest BCUT2D eigenvalue weighted by atomic mass is 16.8. The fourth-order valence-electron chi connectivity index (χ4n) is 11.4. The molecule has 0 radical (unpaired) electrons. The summed E-state index contributed by atoms with van der Waals surface area (Å²) in [7, 11) is 0. The average Bonchev–Trinajstić information content (AvgIpc) is 3.46. The Morgan fingerprint density at radius 1 is 0.788 bits per heavy atom. The van der Waals surface area contributed by atoms with E-state index in [2.05, 4.69) is 47.6 Å². The molecule has 12 heteroatoms. The maximum absolute atomic E-state index is 11.2. The highest BCUT2D eigenvalue weighted by Gasteiger charge is 2.57. The lowest BCUT2D eigenvalue weighted by Gasteiger charge is -2.57. The van der Waals surface area contributed by atoms with Gasteiger partial charge in [-0.15, -0.1) is 0 Å². The van der Waals surface area contributed by atoms with Crippen LogP contribution in [0.2, 0.25) is 0 Å². The van der Waals surface area contributed by atoms with Crippen LogP contribution in [-0.2, 0) is 18.9 Å². The predicted molar refractivity (Wildman–Crippen MR) is 190 cm³/mol. The Morgan fingerprint density at radius 3 is 2.10 bits per heavy atom. The lowest BCUT2D eigenvalue weighted by atomic mass is 9.49. The van der Waals surface area contributed by atoms with E-state index in [4.69, 9.17) is 18.9 Å². The first-order valence-electron chi connectivity index (χ1n) is 19.9. The van der Waals surface area contributed by atoms with Crippen LogP contribution in [-0.4, -0.2) is 128 Å². The number of fused-ring (bicyclic) bond motifs is 4. The van der Waals surface area contributed by atoms with Crippen molar-refractivity contribution in [3.63, 3.8) is 0 Å². The molecule has 4 aliphatic carbocycles. The maximum Gasteiger partial charge on any atom is 0.187 e. The second kappa shape index (κ2) is 15.9. The van der Waals surface area contributed by atoms with Gasteiger partial charge in [-0.1, -0.05) is 53.2 Å². The Morgan fingerprint density at radius 2 is 1.44 bits per heavy atom. The molecule has 6 rings (SSSR count). The van der Waals surface area contributed by atoms with E-state index in [0.29, 0.717) is 30.1 Å². The Kier molecular flexibility index (Phi) is 12.4. The average molecular weight is 739 g/mol. The standard InChI is InChI=1S/C40H66O12/c1-19(2)15-22(43)16-20(3)24-9-10-26-23-7-8-25-21(4)28(12-14-40(25,6)27(23)11-13-39(24,26)5)49-38-36(34(47)32(45)30(18-42)51-38)52-37-35(48)33(46)31(44)29(17-41)50-37/h10,19-22,24-25,28-38,41-48H,7-9,11-18H2,1-6H3/t20-,21?,22?,24-,25?,28?,29-,30-,31+,32+,33+,34+,35-,36-,37+,38-,39-,40+/m1/s1. The molecular weight excluding hydrogens is 672 g/mol. The van der Waals surface area contributed by atoms with Crippen LogP contribution in [0, 0.1) is 40.4 Å². The second-order valence-electron chi connectivity index (χ2n) is 18.0. The molecule has 2 saturated heterocycles. The topological polar surface area (TPSA) is 199 Å². The summed E-state index contributed by atoms with van der Waals surface area (Å²) in [6, 6.07) is 0. The van der Waals surface area contributed by atoms with E-state index in [1.807, 2.05) is 0 Å². The minimum absolute atomic E-state index is 0.00478. The summed E-state index contributed by atoms with van der Waals surface area (Å²) in [5.41, 5.74) is 4.80. The largest absolute Gasteiger partial charge is 0.394 e. The van der Waals surface area contributed by atoms with Crippen LogP contribution in [0.4, 0.5) is 0 Å². The first kappa shape index (κ1) is 40.7. The normalized spacial score (nSPS) is 47.8. The number of aliphatic hydroxyl groups is 8. The summed E-state index contributed by atoms with van der Waals surface area (Å²) in [4.78, 5) is 0. The molecule has 6 aliphatic rings. The second-order valence-corrected chi connectivity index (χ2v) is 18.0. The summed E-state index contributed by atoms with van der Waals surface area (Å²) in [5, 5.41) is 83.6. The molecule has 0 aromatic heterocycles. The van der Waals surface area contributed by atoms with Crippen LogP contribution in [0.5, 0.6) is 0 Å². The van der Waals surface area contributed by atoms with Crippen LogP contribution in [0.3, 0.4) is 0 Å². The molecule has 2 heterocycles. The zero-order valence-corrected chi connectivity index (χ0v) is 31.9. The van der Waals surface area contributed by atoms with Gasteiger partial charge in [-0.2, -0.15) is 0 Å². The van der Waals surface area contributed by atoms with Gasteiger partial charge >= 0.3 is 0 Å². The third kappa shape index (κ3) is 7.23. The first-order chi connectivity index (χ1) is 24.5. The maximum atomic E-state index is 11.2. The molecule has 0 aromatic rings. The third-order valence-electron chi connectivity index (χ3n) is 14.3. The molecule has 2 aliphatic heterocycles. The highest BCUT2D eigenvalue weighted by molar-refractivity contribution is 5.49. The van der Waals surface area contributed by atoms with E-state index in [-0.39, 0.29) is 29.0 Å². The molecule has 0 bridgehead atoms. The fraction of sp³-hybridized carbons (Fsp3) is 0.900. The summed E-state index contributed by atoms with van der Waals surface area (Å²) in [5.74, 6) is 1.87. The van der Waals surface area contributed by atoms with E-state index in [0.717, 1.165) is 51.4 Å². The summed E-state index contributed by atoms with van der Waals surface area (Å²) in [6.45, 7) is 12.5. The Hall–Kier alpha value is -1.00. The van der Waals surface area contributed by atoms with Gasteiger partial charge in [0.1, 0.15) is 48.8 Å². The Balaban J connectivity index is 1.17. The number of allylic oxidation sites excluding steroid dienone is 4. The molecule has 0 spiro atoms. The molecule has 1 saturated carbocycles. The third-order valence-corrected chi connectivity index (χ3v) is 14.3. The zero-order valence-electron chi connectivity index (χ0n) is 31.9. The van der Waals surface area contributed by atoms with Gasteiger partial charge in [0, 0.05) is 0 Å². The van der Waals surface area contributed by atoms with Crippen molar-refractivity contribution in [1.82, 2.24) is 0 Å². The minimum Gasteiger partial charge on any atom is -0.394 e. The lowest BCUT2D eigenvalue weighted by Crippen LogP contribution is -2.65. The fourth-order valence-corrected chi connectivity index (χ4v) is 11.4. The number of aliphatic hydroxyl groups excluding tert-OH is 8. The quantitative estimate of drug-likeness (QED) is 0.154. The summed E-state index contributed by atoms with van der Waals surface area (Å²) in [6.07, 6.45) is -4.22. The van der Waals surface area contributed by atoms with Crippen molar-refractivity contribution in [1.29, 1.82) is 0 Å². The monoisotopic (exact) mass is 738 g/mol. The molecule has 18 atom stereocenters. The van der Waals surface area contributed by atoms with Crippen molar-refractivity contribution in [3.8, 4) is 0 Å². The van der Waals surface area contributed by atoms with Crippen LogP contribution < -0.4 is 0 Å². The summed E-state index contributed by atoms with van der Waals surface area (Å²) >= 11 is 0. The van der Waals surface area contributed by atoms with Crippen LogP contribution in [0.1, 0.15) is 99.3 Å². The van der Waals surface area contributed by atoms with Crippen LogP contribution in [0.15, 0.2) is 22.8 Å². The molecule has 8 N–H and O–H groups in total. The highest BCUT2D eigenvalue weighted by Crippen LogP contribution is 2.65. The Labute approximate surface area is 308 Å². The SMILES string of the molecule is CC(C)CC(O)C[C@@H](C)[C@H]1CC=C2C3=C(CC[C@@]21C)[C@@]1(C)CCC(O[C@@H]2O[C@H](CO)[C@H](O)[C@H](O)[C@H]2O[C@@H]2O[C@H](CO)[C@H](O)[C@H](O)[C@H]2O)C(C)C1CC3. The van der Waals surface area contributed by atoms with Crippen molar-refractivity contribution in [2.45, 2.75) is 173 Å². The molecule has 52 heavy (non-hydrogen) atoms. The molecule has 12 nitrogen and oxygen atoms in total.